The minimum atomic E-state index is -0.412. The van der Waals surface area contributed by atoms with Gasteiger partial charge >= 0.3 is 0 Å². The molecule has 5 nitrogen and oxygen atoms in total. The molecule has 0 aromatic carbocycles. The third kappa shape index (κ3) is 3.52. The molecule has 22 heavy (non-hydrogen) atoms. The van der Waals surface area contributed by atoms with E-state index in [1.807, 2.05) is 25.3 Å². The van der Waals surface area contributed by atoms with Crippen LogP contribution in [0, 0.1) is 5.92 Å². The number of pyridine rings is 1. The van der Waals surface area contributed by atoms with Crippen LogP contribution in [0.15, 0.2) is 10.9 Å². The zero-order chi connectivity index (χ0) is 16.5. The van der Waals surface area contributed by atoms with Crippen LogP contribution in [0.2, 0.25) is 0 Å². The van der Waals surface area contributed by atoms with Crippen molar-refractivity contribution in [3.8, 4) is 5.75 Å². The zero-order valence-electron chi connectivity index (χ0n) is 14.1. The number of piperidine rings is 1. The first-order chi connectivity index (χ1) is 10.2. The molecule has 1 aromatic rings. The molecule has 1 saturated heterocycles. The summed E-state index contributed by atoms with van der Waals surface area (Å²) in [6.45, 7) is 10.5. The second-order valence-corrected chi connectivity index (χ2v) is 7.44. The van der Waals surface area contributed by atoms with Crippen LogP contribution in [-0.2, 0) is 18.7 Å². The van der Waals surface area contributed by atoms with Crippen molar-refractivity contribution in [1.29, 1.82) is 0 Å². The molecule has 2 heterocycles. The molecule has 1 atom stereocenters. The van der Waals surface area contributed by atoms with Crippen LogP contribution in [0.1, 0.15) is 51.9 Å². The number of nitrogens with zero attached hydrogens (tertiary/aromatic N) is 2. The molecule has 2 N–H and O–H groups in total. The Bertz CT molecular complexity index is 587. The minimum absolute atomic E-state index is 0.189. The number of hydrogen-bond donors (Lipinski definition) is 2. The van der Waals surface area contributed by atoms with Gasteiger partial charge in [-0.05, 0) is 46.1 Å². The predicted octanol–water partition coefficient (Wildman–Crippen LogP) is 2.03. The monoisotopic (exact) mass is 308 g/mol. The fourth-order valence-corrected chi connectivity index (χ4v) is 3.45. The van der Waals surface area contributed by atoms with Gasteiger partial charge in [0.15, 0.2) is 5.75 Å². The number of aliphatic hydroxyl groups is 1. The molecule has 124 valence electrons. The average molecular weight is 308 g/mol. The first-order valence-electron chi connectivity index (χ1n) is 8.04. The molecule has 1 aliphatic heterocycles. The Morgan fingerprint density at radius 1 is 1.36 bits per heavy atom. The van der Waals surface area contributed by atoms with E-state index in [0.717, 1.165) is 19.5 Å². The lowest BCUT2D eigenvalue weighted by Crippen LogP contribution is -2.38. The van der Waals surface area contributed by atoms with E-state index < -0.39 is 5.43 Å². The smallest absolute Gasteiger partial charge is 0.223 e. The summed E-state index contributed by atoms with van der Waals surface area (Å²) in [5, 5.41) is 19.9. The highest BCUT2D eigenvalue weighted by atomic mass is 16.3. The molecule has 0 radical (unpaired) electrons. The van der Waals surface area contributed by atoms with E-state index >= 15 is 0 Å². The molecule has 1 unspecified atom stereocenters. The SMILES string of the molecule is CC1CCCN(Cc2c(O)c(=O)cc(CO)n2C(C)(C)C)C1. The quantitative estimate of drug-likeness (QED) is 0.897. The maximum Gasteiger partial charge on any atom is 0.223 e. The summed E-state index contributed by atoms with van der Waals surface area (Å²) in [6, 6.07) is 1.34. The number of likely N-dealkylation sites (tertiary alicyclic amines) is 1. The third-order valence-electron chi connectivity index (χ3n) is 4.31. The van der Waals surface area contributed by atoms with Crippen LogP contribution in [0.25, 0.3) is 0 Å². The van der Waals surface area contributed by atoms with Gasteiger partial charge in [-0.3, -0.25) is 9.69 Å². The predicted molar refractivity (Wildman–Crippen MR) is 87.0 cm³/mol. The standard InChI is InChI=1S/C17H28N2O3/c1-12-6-5-7-18(9-12)10-14-16(22)15(21)8-13(11-20)19(14)17(2,3)4/h8,12,20,22H,5-7,9-11H2,1-4H3. The van der Waals surface area contributed by atoms with Crippen molar-refractivity contribution in [2.24, 2.45) is 5.92 Å². The lowest BCUT2D eigenvalue weighted by atomic mass is 9.99. The van der Waals surface area contributed by atoms with Crippen molar-refractivity contribution in [3.63, 3.8) is 0 Å². The van der Waals surface area contributed by atoms with Gasteiger partial charge < -0.3 is 14.8 Å². The van der Waals surface area contributed by atoms with Gasteiger partial charge in [0.2, 0.25) is 5.43 Å². The van der Waals surface area contributed by atoms with E-state index in [9.17, 15) is 15.0 Å². The summed E-state index contributed by atoms with van der Waals surface area (Å²) < 4.78 is 1.91. The highest BCUT2D eigenvalue weighted by Crippen LogP contribution is 2.27. The molecular formula is C17H28N2O3. The van der Waals surface area contributed by atoms with Gasteiger partial charge in [0, 0.05) is 30.4 Å². The summed E-state index contributed by atoms with van der Waals surface area (Å²) in [6.07, 6.45) is 2.37. The normalized spacial score (nSPS) is 20.3. The maximum atomic E-state index is 12.0. The van der Waals surface area contributed by atoms with Crippen molar-refractivity contribution < 1.29 is 10.2 Å². The van der Waals surface area contributed by atoms with Gasteiger partial charge in [-0.25, -0.2) is 0 Å². The Morgan fingerprint density at radius 3 is 2.59 bits per heavy atom. The average Bonchev–Trinajstić information content (AvgIpc) is 2.42. The Morgan fingerprint density at radius 2 is 2.05 bits per heavy atom. The van der Waals surface area contributed by atoms with E-state index in [1.54, 1.807) is 0 Å². The zero-order valence-corrected chi connectivity index (χ0v) is 14.1. The Kier molecular flexibility index (Phi) is 4.97. The summed E-state index contributed by atoms with van der Waals surface area (Å²) >= 11 is 0. The highest BCUT2D eigenvalue weighted by Gasteiger charge is 2.26. The topological polar surface area (TPSA) is 65.7 Å². The fourth-order valence-electron chi connectivity index (χ4n) is 3.45. The molecular weight excluding hydrogens is 280 g/mol. The van der Waals surface area contributed by atoms with Crippen LogP contribution in [0.3, 0.4) is 0 Å². The van der Waals surface area contributed by atoms with Gasteiger partial charge in [-0.2, -0.15) is 0 Å². The highest BCUT2D eigenvalue weighted by molar-refractivity contribution is 5.31. The summed E-state index contributed by atoms with van der Waals surface area (Å²) in [5.74, 6) is 0.442. The van der Waals surface area contributed by atoms with Crippen LogP contribution < -0.4 is 5.43 Å². The summed E-state index contributed by atoms with van der Waals surface area (Å²) in [7, 11) is 0. The largest absolute Gasteiger partial charge is 0.503 e. The molecule has 0 spiro atoms. The molecule has 0 aliphatic carbocycles. The third-order valence-corrected chi connectivity index (χ3v) is 4.31. The lowest BCUT2D eigenvalue weighted by molar-refractivity contribution is 0.164. The van der Waals surface area contributed by atoms with Crippen LogP contribution in [0.5, 0.6) is 5.75 Å². The van der Waals surface area contributed by atoms with Crippen LogP contribution in [-0.4, -0.2) is 32.8 Å². The number of hydrogen-bond acceptors (Lipinski definition) is 4. The van der Waals surface area contributed by atoms with Crippen molar-refractivity contribution >= 4 is 0 Å². The first kappa shape index (κ1) is 17.0. The van der Waals surface area contributed by atoms with Crippen molar-refractivity contribution in [3.05, 3.63) is 27.7 Å². The van der Waals surface area contributed by atoms with Crippen molar-refractivity contribution in [1.82, 2.24) is 9.47 Å². The maximum absolute atomic E-state index is 12.0. The number of aromatic nitrogens is 1. The Hall–Kier alpha value is -1.33. The molecule has 2 rings (SSSR count). The lowest BCUT2D eigenvalue weighted by Gasteiger charge is -2.35. The van der Waals surface area contributed by atoms with E-state index in [-0.39, 0.29) is 17.9 Å². The van der Waals surface area contributed by atoms with Gasteiger partial charge in [-0.1, -0.05) is 6.92 Å². The molecule has 0 saturated carbocycles. The molecule has 5 heteroatoms. The van der Waals surface area contributed by atoms with E-state index in [4.69, 9.17) is 0 Å². The van der Waals surface area contributed by atoms with Gasteiger partial charge in [-0.15, -0.1) is 0 Å². The molecule has 1 aliphatic rings. The molecule has 1 aromatic heterocycles. The van der Waals surface area contributed by atoms with Gasteiger partial charge in [0.25, 0.3) is 0 Å². The van der Waals surface area contributed by atoms with Crippen LogP contribution >= 0.6 is 0 Å². The molecule has 0 amide bonds. The molecule has 1 fully saturated rings. The first-order valence-corrected chi connectivity index (χ1v) is 8.04. The molecule has 0 bridgehead atoms. The fraction of sp³-hybridized carbons (Fsp3) is 0.706. The van der Waals surface area contributed by atoms with E-state index in [0.29, 0.717) is 23.9 Å². The van der Waals surface area contributed by atoms with Gasteiger partial charge in [0.05, 0.1) is 12.3 Å². The van der Waals surface area contributed by atoms with Crippen LogP contribution in [0.4, 0.5) is 0 Å². The second kappa shape index (κ2) is 6.42. The summed E-state index contributed by atoms with van der Waals surface area (Å²) in [5.41, 5.74) is 0.429. The van der Waals surface area contributed by atoms with Crippen molar-refractivity contribution in [2.45, 2.75) is 59.2 Å². The second-order valence-electron chi connectivity index (χ2n) is 7.44. The Labute approximate surface area is 132 Å². The van der Waals surface area contributed by atoms with E-state index in [2.05, 4.69) is 11.8 Å². The number of rotatable bonds is 3. The Balaban J connectivity index is 2.48. The number of aromatic hydroxyl groups is 1. The van der Waals surface area contributed by atoms with E-state index in [1.165, 1.54) is 12.5 Å². The minimum Gasteiger partial charge on any atom is -0.503 e. The number of aliphatic hydroxyl groups excluding tert-OH is 1. The van der Waals surface area contributed by atoms with Gasteiger partial charge in [0.1, 0.15) is 0 Å². The van der Waals surface area contributed by atoms with Crippen molar-refractivity contribution in [2.75, 3.05) is 13.1 Å². The summed E-state index contributed by atoms with van der Waals surface area (Å²) in [4.78, 5) is 14.3.